The van der Waals surface area contributed by atoms with Crippen molar-refractivity contribution in [2.75, 3.05) is 13.1 Å². The topological polar surface area (TPSA) is 29.1 Å². The molecule has 1 atom stereocenters. The fourth-order valence-corrected chi connectivity index (χ4v) is 1.46. The zero-order valence-electron chi connectivity index (χ0n) is 9.94. The van der Waals surface area contributed by atoms with Crippen LogP contribution in [-0.4, -0.2) is 18.9 Å². The molecule has 84 valence electrons. The molecule has 2 nitrogen and oxygen atoms in total. The van der Waals surface area contributed by atoms with E-state index in [-0.39, 0.29) is 5.78 Å². The zero-order chi connectivity index (χ0) is 10.8. The number of carbonyl (C=O) groups excluding carboxylic acids is 1. The first kappa shape index (κ1) is 13.6. The third-order valence-corrected chi connectivity index (χ3v) is 2.45. The highest BCUT2D eigenvalue weighted by molar-refractivity contribution is 5.75. The molecule has 0 rings (SSSR count). The van der Waals surface area contributed by atoms with Crippen LogP contribution in [-0.2, 0) is 4.79 Å². The predicted octanol–water partition coefficient (Wildman–Crippen LogP) is 2.77. The fraction of sp³-hybridized carbons (Fsp3) is 0.917. The number of ketones is 1. The van der Waals surface area contributed by atoms with Crippen molar-refractivity contribution in [1.29, 1.82) is 0 Å². The number of Topliss-reactive ketones (excluding diaryl/α,β-unsaturated/α-hetero) is 1. The van der Waals surface area contributed by atoms with Gasteiger partial charge in [-0.3, -0.25) is 4.79 Å². The van der Waals surface area contributed by atoms with Crippen molar-refractivity contribution in [3.05, 3.63) is 0 Å². The van der Waals surface area contributed by atoms with Crippen LogP contribution in [0.25, 0.3) is 0 Å². The summed E-state index contributed by atoms with van der Waals surface area (Å²) in [6.45, 7) is 8.04. The molecule has 0 aromatic carbocycles. The van der Waals surface area contributed by atoms with Gasteiger partial charge in [0.25, 0.3) is 0 Å². The second-order valence-corrected chi connectivity index (χ2v) is 4.26. The Morgan fingerprint density at radius 2 is 2.07 bits per heavy atom. The lowest BCUT2D eigenvalue weighted by Gasteiger charge is -2.11. The number of hydrogen-bond acceptors (Lipinski definition) is 2. The molecule has 0 aliphatic carbocycles. The Kier molecular flexibility index (Phi) is 8.95. The highest BCUT2D eigenvalue weighted by Crippen LogP contribution is 2.07. The van der Waals surface area contributed by atoms with Crippen LogP contribution < -0.4 is 5.32 Å². The SMILES string of the molecule is CCCCCC(C)CNCCC(C)=O. The van der Waals surface area contributed by atoms with Crippen molar-refractivity contribution in [3.8, 4) is 0 Å². The number of hydrogen-bond donors (Lipinski definition) is 1. The maximum absolute atomic E-state index is 10.7. The Bertz CT molecular complexity index is 145. The zero-order valence-corrected chi connectivity index (χ0v) is 9.94. The second-order valence-electron chi connectivity index (χ2n) is 4.26. The molecule has 0 bridgehead atoms. The third-order valence-electron chi connectivity index (χ3n) is 2.45. The molecule has 0 aromatic heterocycles. The van der Waals surface area contributed by atoms with E-state index in [0.717, 1.165) is 19.0 Å². The number of carbonyl (C=O) groups is 1. The molecule has 14 heavy (non-hydrogen) atoms. The Morgan fingerprint density at radius 1 is 1.36 bits per heavy atom. The summed E-state index contributed by atoms with van der Waals surface area (Å²) in [5, 5.41) is 3.32. The molecular weight excluding hydrogens is 174 g/mol. The maximum atomic E-state index is 10.7. The van der Waals surface area contributed by atoms with Crippen LogP contribution in [0.3, 0.4) is 0 Å². The van der Waals surface area contributed by atoms with Gasteiger partial charge in [0.1, 0.15) is 5.78 Å². The van der Waals surface area contributed by atoms with Gasteiger partial charge in [-0.25, -0.2) is 0 Å². The summed E-state index contributed by atoms with van der Waals surface area (Å²) in [4.78, 5) is 10.7. The van der Waals surface area contributed by atoms with Crippen LogP contribution >= 0.6 is 0 Å². The summed E-state index contributed by atoms with van der Waals surface area (Å²) >= 11 is 0. The summed E-state index contributed by atoms with van der Waals surface area (Å²) < 4.78 is 0. The maximum Gasteiger partial charge on any atom is 0.131 e. The molecule has 0 aromatic rings. The normalized spacial score (nSPS) is 12.8. The molecule has 0 saturated carbocycles. The smallest absolute Gasteiger partial charge is 0.131 e. The molecular formula is C12H25NO. The number of nitrogens with one attached hydrogen (secondary N) is 1. The first-order valence-electron chi connectivity index (χ1n) is 5.87. The van der Waals surface area contributed by atoms with Crippen LogP contribution in [0.15, 0.2) is 0 Å². The minimum absolute atomic E-state index is 0.274. The Labute approximate surface area is 88.5 Å². The highest BCUT2D eigenvalue weighted by atomic mass is 16.1. The summed E-state index contributed by atoms with van der Waals surface area (Å²) in [6.07, 6.45) is 5.96. The van der Waals surface area contributed by atoms with E-state index >= 15 is 0 Å². The summed E-state index contributed by atoms with van der Waals surface area (Å²) in [5.41, 5.74) is 0. The van der Waals surface area contributed by atoms with Crippen LogP contribution in [0, 0.1) is 5.92 Å². The molecule has 1 N–H and O–H groups in total. The molecule has 0 spiro atoms. The van der Waals surface area contributed by atoms with Crippen molar-refractivity contribution < 1.29 is 4.79 Å². The van der Waals surface area contributed by atoms with Crippen LogP contribution in [0.4, 0.5) is 0 Å². The largest absolute Gasteiger partial charge is 0.316 e. The third kappa shape index (κ3) is 9.72. The van der Waals surface area contributed by atoms with E-state index in [0.29, 0.717) is 6.42 Å². The van der Waals surface area contributed by atoms with Crippen molar-refractivity contribution in [1.82, 2.24) is 5.32 Å². The van der Waals surface area contributed by atoms with Gasteiger partial charge in [0.15, 0.2) is 0 Å². The minimum atomic E-state index is 0.274. The summed E-state index contributed by atoms with van der Waals surface area (Å²) in [6, 6.07) is 0. The van der Waals surface area contributed by atoms with E-state index in [4.69, 9.17) is 0 Å². The average molecular weight is 199 g/mol. The molecule has 0 aliphatic heterocycles. The van der Waals surface area contributed by atoms with Gasteiger partial charge in [-0.2, -0.15) is 0 Å². The molecule has 0 fully saturated rings. The average Bonchev–Trinajstić information content (AvgIpc) is 2.13. The highest BCUT2D eigenvalue weighted by Gasteiger charge is 2.01. The lowest BCUT2D eigenvalue weighted by Crippen LogP contribution is -2.23. The molecule has 0 saturated heterocycles. The van der Waals surface area contributed by atoms with Gasteiger partial charge in [0.2, 0.25) is 0 Å². The molecule has 0 radical (unpaired) electrons. The van der Waals surface area contributed by atoms with Gasteiger partial charge in [-0.1, -0.05) is 33.1 Å². The van der Waals surface area contributed by atoms with Crippen LogP contribution in [0.1, 0.15) is 52.9 Å². The van der Waals surface area contributed by atoms with E-state index in [2.05, 4.69) is 19.2 Å². The quantitative estimate of drug-likeness (QED) is 0.579. The van der Waals surface area contributed by atoms with Gasteiger partial charge in [-0.05, 0) is 25.8 Å². The van der Waals surface area contributed by atoms with E-state index in [9.17, 15) is 4.79 Å². The lowest BCUT2D eigenvalue weighted by atomic mass is 10.0. The van der Waals surface area contributed by atoms with E-state index < -0.39 is 0 Å². The molecule has 2 heteroatoms. The predicted molar refractivity (Wildman–Crippen MR) is 61.5 cm³/mol. The fourth-order valence-electron chi connectivity index (χ4n) is 1.46. The molecule has 0 aliphatic rings. The first-order chi connectivity index (χ1) is 6.66. The number of unbranched alkanes of at least 4 members (excludes halogenated alkanes) is 2. The molecule has 1 unspecified atom stereocenters. The lowest BCUT2D eigenvalue weighted by molar-refractivity contribution is -0.116. The van der Waals surface area contributed by atoms with Crippen LogP contribution in [0.2, 0.25) is 0 Å². The van der Waals surface area contributed by atoms with E-state index in [1.807, 2.05) is 0 Å². The van der Waals surface area contributed by atoms with Crippen molar-refractivity contribution in [3.63, 3.8) is 0 Å². The summed E-state index contributed by atoms with van der Waals surface area (Å²) in [5.74, 6) is 1.02. The van der Waals surface area contributed by atoms with Gasteiger partial charge in [-0.15, -0.1) is 0 Å². The van der Waals surface area contributed by atoms with Crippen molar-refractivity contribution >= 4 is 5.78 Å². The van der Waals surface area contributed by atoms with Gasteiger partial charge < -0.3 is 5.32 Å². The van der Waals surface area contributed by atoms with Gasteiger partial charge in [0.05, 0.1) is 0 Å². The van der Waals surface area contributed by atoms with E-state index in [1.165, 1.54) is 25.7 Å². The second kappa shape index (κ2) is 9.20. The van der Waals surface area contributed by atoms with Crippen molar-refractivity contribution in [2.24, 2.45) is 5.92 Å². The molecule has 0 heterocycles. The minimum Gasteiger partial charge on any atom is -0.316 e. The Morgan fingerprint density at radius 3 is 2.64 bits per heavy atom. The Hall–Kier alpha value is -0.370. The van der Waals surface area contributed by atoms with E-state index in [1.54, 1.807) is 6.92 Å². The standard InChI is InChI=1S/C12H25NO/c1-4-5-6-7-11(2)10-13-9-8-12(3)14/h11,13H,4-10H2,1-3H3. The van der Waals surface area contributed by atoms with Crippen LogP contribution in [0.5, 0.6) is 0 Å². The monoisotopic (exact) mass is 199 g/mol. The van der Waals surface area contributed by atoms with Gasteiger partial charge >= 0.3 is 0 Å². The van der Waals surface area contributed by atoms with Crippen molar-refractivity contribution in [2.45, 2.75) is 52.9 Å². The molecule has 0 amide bonds. The Balaban J connectivity index is 3.18. The van der Waals surface area contributed by atoms with Gasteiger partial charge in [0, 0.05) is 13.0 Å². The first-order valence-corrected chi connectivity index (χ1v) is 5.87. The summed E-state index contributed by atoms with van der Waals surface area (Å²) in [7, 11) is 0. The number of rotatable bonds is 9.